The van der Waals surface area contributed by atoms with Crippen molar-refractivity contribution < 1.29 is 24.9 Å². The molecule has 0 unspecified atom stereocenters. The van der Waals surface area contributed by atoms with Gasteiger partial charge in [0.1, 0.15) is 11.5 Å². The number of carbonyl (C=O) groups is 2. The van der Waals surface area contributed by atoms with Gasteiger partial charge in [0, 0.05) is 11.6 Å². The first-order chi connectivity index (χ1) is 9.97. The highest BCUT2D eigenvalue weighted by Crippen LogP contribution is 2.21. The first-order valence-corrected chi connectivity index (χ1v) is 6.09. The van der Waals surface area contributed by atoms with E-state index in [9.17, 15) is 24.9 Å². The average molecular weight is 287 g/mol. The van der Waals surface area contributed by atoms with Gasteiger partial charge in [-0.05, 0) is 17.7 Å². The number of amides is 1. The summed E-state index contributed by atoms with van der Waals surface area (Å²) in [5.74, 6) is -2.49. The standard InChI is InChI=1S/C15H13NO5/c17-11-6-10(7-12(18)8-11)14(19)16-13(15(20)21)9-4-2-1-3-5-9/h1-8,13,17-18H,(H,16,19)(H,20,21)/t13-/m0/s1. The van der Waals surface area contributed by atoms with Gasteiger partial charge >= 0.3 is 5.97 Å². The Hall–Kier alpha value is -3.02. The van der Waals surface area contributed by atoms with Gasteiger partial charge in [0.25, 0.3) is 5.91 Å². The molecule has 0 radical (unpaired) electrons. The van der Waals surface area contributed by atoms with Crippen molar-refractivity contribution in [3.05, 3.63) is 59.7 Å². The van der Waals surface area contributed by atoms with Crippen molar-refractivity contribution in [1.82, 2.24) is 5.32 Å². The van der Waals surface area contributed by atoms with Gasteiger partial charge in [0.05, 0.1) is 0 Å². The topological polar surface area (TPSA) is 107 Å². The van der Waals surface area contributed by atoms with Crippen LogP contribution < -0.4 is 5.32 Å². The van der Waals surface area contributed by atoms with Crippen molar-refractivity contribution in [3.8, 4) is 11.5 Å². The van der Waals surface area contributed by atoms with E-state index < -0.39 is 17.9 Å². The van der Waals surface area contributed by atoms with Crippen LogP contribution in [0.15, 0.2) is 48.5 Å². The first kappa shape index (κ1) is 14.4. The van der Waals surface area contributed by atoms with E-state index in [1.54, 1.807) is 30.3 Å². The number of hydrogen-bond acceptors (Lipinski definition) is 4. The second-order valence-corrected chi connectivity index (χ2v) is 4.39. The molecule has 6 nitrogen and oxygen atoms in total. The molecule has 2 aromatic rings. The zero-order valence-electron chi connectivity index (χ0n) is 10.9. The molecule has 21 heavy (non-hydrogen) atoms. The smallest absolute Gasteiger partial charge is 0.330 e. The van der Waals surface area contributed by atoms with Gasteiger partial charge in [0.15, 0.2) is 6.04 Å². The minimum atomic E-state index is -1.22. The molecule has 0 spiro atoms. The van der Waals surface area contributed by atoms with E-state index in [-0.39, 0.29) is 17.1 Å². The number of benzene rings is 2. The number of phenols is 2. The second-order valence-electron chi connectivity index (χ2n) is 4.39. The van der Waals surface area contributed by atoms with Gasteiger partial charge in [-0.3, -0.25) is 4.79 Å². The van der Waals surface area contributed by atoms with Crippen molar-refractivity contribution in [2.75, 3.05) is 0 Å². The van der Waals surface area contributed by atoms with Crippen molar-refractivity contribution in [2.24, 2.45) is 0 Å². The molecule has 2 rings (SSSR count). The fourth-order valence-electron chi connectivity index (χ4n) is 1.87. The van der Waals surface area contributed by atoms with Crippen LogP contribution in [0.4, 0.5) is 0 Å². The predicted octanol–water partition coefficient (Wildman–Crippen LogP) is 1.65. The molecule has 0 saturated carbocycles. The van der Waals surface area contributed by atoms with Crippen molar-refractivity contribution in [3.63, 3.8) is 0 Å². The van der Waals surface area contributed by atoms with Crippen LogP contribution in [0.25, 0.3) is 0 Å². The van der Waals surface area contributed by atoms with Gasteiger partial charge < -0.3 is 20.6 Å². The quantitative estimate of drug-likeness (QED) is 0.684. The Kier molecular flexibility index (Phi) is 4.08. The maximum absolute atomic E-state index is 12.0. The molecule has 0 aliphatic rings. The molecule has 0 aliphatic carbocycles. The fourth-order valence-corrected chi connectivity index (χ4v) is 1.87. The number of aliphatic carboxylic acids is 1. The molecule has 0 bridgehead atoms. The number of carbonyl (C=O) groups excluding carboxylic acids is 1. The highest BCUT2D eigenvalue weighted by atomic mass is 16.4. The van der Waals surface area contributed by atoms with Crippen LogP contribution in [-0.4, -0.2) is 27.2 Å². The molecule has 0 fully saturated rings. The predicted molar refractivity (Wildman–Crippen MR) is 74.1 cm³/mol. The third-order valence-corrected chi connectivity index (χ3v) is 2.82. The highest BCUT2D eigenvalue weighted by molar-refractivity contribution is 5.97. The Morgan fingerprint density at radius 2 is 1.52 bits per heavy atom. The molecule has 0 aliphatic heterocycles. The summed E-state index contributed by atoms with van der Waals surface area (Å²) in [6.45, 7) is 0. The molecule has 0 aromatic heterocycles. The van der Waals surface area contributed by atoms with Crippen molar-refractivity contribution in [1.29, 1.82) is 0 Å². The van der Waals surface area contributed by atoms with Crippen molar-refractivity contribution >= 4 is 11.9 Å². The molecular formula is C15H13NO5. The lowest BCUT2D eigenvalue weighted by Gasteiger charge is -2.15. The second kappa shape index (κ2) is 5.96. The van der Waals surface area contributed by atoms with Crippen LogP contribution >= 0.6 is 0 Å². The Bertz CT molecular complexity index is 649. The molecule has 1 amide bonds. The number of nitrogens with one attached hydrogen (secondary N) is 1. The van der Waals surface area contributed by atoms with Crippen LogP contribution in [0.2, 0.25) is 0 Å². The van der Waals surface area contributed by atoms with Gasteiger partial charge in [-0.25, -0.2) is 4.79 Å². The zero-order chi connectivity index (χ0) is 15.4. The van der Waals surface area contributed by atoms with Crippen LogP contribution in [-0.2, 0) is 4.79 Å². The minimum Gasteiger partial charge on any atom is -0.508 e. The Balaban J connectivity index is 2.25. The normalized spacial score (nSPS) is 11.6. The molecule has 6 heteroatoms. The lowest BCUT2D eigenvalue weighted by molar-refractivity contribution is -0.139. The summed E-state index contributed by atoms with van der Waals surface area (Å²) < 4.78 is 0. The first-order valence-electron chi connectivity index (χ1n) is 6.09. The van der Waals surface area contributed by atoms with Crippen molar-refractivity contribution in [2.45, 2.75) is 6.04 Å². The van der Waals surface area contributed by atoms with Gasteiger partial charge in [-0.15, -0.1) is 0 Å². The number of carboxylic acid groups (broad SMARTS) is 1. The zero-order valence-corrected chi connectivity index (χ0v) is 10.9. The van der Waals surface area contributed by atoms with Gasteiger partial charge in [-0.2, -0.15) is 0 Å². The number of hydrogen-bond donors (Lipinski definition) is 4. The largest absolute Gasteiger partial charge is 0.508 e. The Morgan fingerprint density at radius 1 is 0.952 bits per heavy atom. The summed E-state index contributed by atoms with van der Waals surface area (Å²) >= 11 is 0. The number of aromatic hydroxyl groups is 2. The van der Waals surface area contributed by atoms with Gasteiger partial charge in [-0.1, -0.05) is 30.3 Å². The molecule has 108 valence electrons. The molecule has 1 atom stereocenters. The van der Waals surface area contributed by atoms with E-state index in [0.717, 1.165) is 18.2 Å². The van der Waals surface area contributed by atoms with Gasteiger partial charge in [0.2, 0.25) is 0 Å². The van der Waals surface area contributed by atoms with E-state index in [1.165, 1.54) is 0 Å². The monoisotopic (exact) mass is 287 g/mol. The average Bonchev–Trinajstić information content (AvgIpc) is 2.44. The maximum atomic E-state index is 12.0. The van der Waals surface area contributed by atoms with E-state index in [4.69, 9.17) is 0 Å². The number of rotatable bonds is 4. The number of phenolic OH excluding ortho intramolecular Hbond substituents is 2. The summed E-state index contributed by atoms with van der Waals surface area (Å²) in [5.41, 5.74) is 0.386. The minimum absolute atomic E-state index is 0.0327. The van der Waals surface area contributed by atoms with E-state index >= 15 is 0 Å². The summed E-state index contributed by atoms with van der Waals surface area (Å²) in [7, 11) is 0. The summed E-state index contributed by atoms with van der Waals surface area (Å²) in [6.07, 6.45) is 0. The molecule has 2 aromatic carbocycles. The fraction of sp³-hybridized carbons (Fsp3) is 0.0667. The van der Waals surface area contributed by atoms with E-state index in [2.05, 4.69) is 5.32 Å². The lowest BCUT2D eigenvalue weighted by Crippen LogP contribution is -2.33. The highest BCUT2D eigenvalue weighted by Gasteiger charge is 2.22. The Labute approximate surface area is 120 Å². The van der Waals surface area contributed by atoms with E-state index in [1.807, 2.05) is 0 Å². The Morgan fingerprint density at radius 3 is 2.05 bits per heavy atom. The number of carboxylic acids is 1. The SMILES string of the molecule is O=C(N[C@H](C(=O)O)c1ccccc1)c1cc(O)cc(O)c1. The van der Waals surface area contributed by atoms with E-state index in [0.29, 0.717) is 5.56 Å². The summed E-state index contributed by atoms with van der Waals surface area (Å²) in [6, 6.07) is 10.4. The molecule has 0 heterocycles. The molecule has 0 saturated heterocycles. The lowest BCUT2D eigenvalue weighted by atomic mass is 10.1. The summed E-state index contributed by atoms with van der Waals surface area (Å²) in [4.78, 5) is 23.3. The summed E-state index contributed by atoms with van der Waals surface area (Å²) in [5, 5.41) is 30.3. The molecular weight excluding hydrogens is 274 g/mol. The third-order valence-electron chi connectivity index (χ3n) is 2.82. The van der Waals surface area contributed by atoms with Crippen LogP contribution in [0.5, 0.6) is 11.5 Å². The van der Waals surface area contributed by atoms with Crippen LogP contribution in [0, 0.1) is 0 Å². The third kappa shape index (κ3) is 3.50. The molecule has 4 N–H and O–H groups in total. The van der Waals surface area contributed by atoms with Crippen LogP contribution in [0.1, 0.15) is 22.0 Å². The van der Waals surface area contributed by atoms with Crippen LogP contribution in [0.3, 0.4) is 0 Å². The maximum Gasteiger partial charge on any atom is 0.330 e.